The highest BCUT2D eigenvalue weighted by Crippen LogP contribution is 2.59. The van der Waals surface area contributed by atoms with Crippen LogP contribution >= 0.6 is 0 Å². The van der Waals surface area contributed by atoms with Gasteiger partial charge in [0, 0.05) is 11.8 Å². The molecule has 1 N–H and O–H groups in total. The lowest BCUT2D eigenvalue weighted by Gasteiger charge is -2.23. The van der Waals surface area contributed by atoms with Crippen molar-refractivity contribution < 1.29 is 9.90 Å². The summed E-state index contributed by atoms with van der Waals surface area (Å²) in [5, 5.41) is 9.50. The van der Waals surface area contributed by atoms with Crippen LogP contribution in [0.2, 0.25) is 0 Å². The number of nitrogens with zero attached hydrogens (tertiary/aromatic N) is 3. The zero-order chi connectivity index (χ0) is 17.9. The molecule has 2 aromatic heterocycles. The SMILES string of the molecule is O=C(O)C12C=Cc3nc4c(c(=O)n3C1C2)CCC/C4=C/c1ccccn1. The van der Waals surface area contributed by atoms with E-state index in [0.29, 0.717) is 24.2 Å². The first-order valence-corrected chi connectivity index (χ1v) is 8.80. The number of allylic oxidation sites excluding steroid dienone is 1. The molecule has 3 aliphatic rings. The number of fused-ring (bicyclic) bond motifs is 4. The third kappa shape index (κ3) is 2.05. The largest absolute Gasteiger partial charge is 0.481 e. The predicted molar refractivity (Wildman–Crippen MR) is 96.3 cm³/mol. The molecule has 26 heavy (non-hydrogen) atoms. The van der Waals surface area contributed by atoms with Crippen molar-refractivity contribution in [3.63, 3.8) is 0 Å². The quantitative estimate of drug-likeness (QED) is 0.902. The van der Waals surface area contributed by atoms with E-state index in [2.05, 4.69) is 4.98 Å². The highest BCUT2D eigenvalue weighted by molar-refractivity contribution is 5.85. The third-order valence-electron chi connectivity index (χ3n) is 5.63. The minimum Gasteiger partial charge on any atom is -0.481 e. The summed E-state index contributed by atoms with van der Waals surface area (Å²) in [4.78, 5) is 33.8. The molecule has 0 radical (unpaired) electrons. The summed E-state index contributed by atoms with van der Waals surface area (Å²) < 4.78 is 1.59. The summed E-state index contributed by atoms with van der Waals surface area (Å²) in [6.45, 7) is 0. The highest BCUT2D eigenvalue weighted by Gasteiger charge is 2.62. The fourth-order valence-electron chi connectivity index (χ4n) is 4.14. The molecule has 2 aliphatic carbocycles. The van der Waals surface area contributed by atoms with Gasteiger partial charge in [-0.15, -0.1) is 0 Å². The monoisotopic (exact) mass is 347 g/mol. The molecule has 1 fully saturated rings. The molecule has 2 unspecified atom stereocenters. The number of rotatable bonds is 2. The fraction of sp³-hybridized carbons (Fsp3) is 0.300. The molecule has 0 amide bonds. The van der Waals surface area contributed by atoms with Crippen LogP contribution in [0.4, 0.5) is 0 Å². The van der Waals surface area contributed by atoms with Gasteiger partial charge in [-0.25, -0.2) is 4.98 Å². The second-order valence-electron chi connectivity index (χ2n) is 7.15. The zero-order valence-corrected chi connectivity index (χ0v) is 14.1. The second-order valence-corrected chi connectivity index (χ2v) is 7.15. The van der Waals surface area contributed by atoms with E-state index in [1.807, 2.05) is 24.3 Å². The molecule has 3 heterocycles. The van der Waals surface area contributed by atoms with E-state index in [0.717, 1.165) is 29.8 Å². The Morgan fingerprint density at radius 3 is 3.00 bits per heavy atom. The van der Waals surface area contributed by atoms with Crippen molar-refractivity contribution in [3.05, 3.63) is 63.6 Å². The van der Waals surface area contributed by atoms with Crippen LogP contribution in [0.3, 0.4) is 0 Å². The van der Waals surface area contributed by atoms with Gasteiger partial charge in [-0.05, 0) is 55.5 Å². The number of pyridine rings is 1. The van der Waals surface area contributed by atoms with Crippen LogP contribution in [0.1, 0.15) is 48.1 Å². The minimum atomic E-state index is -0.923. The van der Waals surface area contributed by atoms with Crippen molar-refractivity contribution in [1.82, 2.24) is 14.5 Å². The first kappa shape index (κ1) is 15.3. The van der Waals surface area contributed by atoms with Gasteiger partial charge in [0.1, 0.15) is 11.2 Å². The van der Waals surface area contributed by atoms with Crippen molar-refractivity contribution in [3.8, 4) is 0 Å². The van der Waals surface area contributed by atoms with Gasteiger partial charge in [-0.1, -0.05) is 12.1 Å². The van der Waals surface area contributed by atoms with E-state index in [9.17, 15) is 14.7 Å². The van der Waals surface area contributed by atoms with E-state index < -0.39 is 11.4 Å². The molecule has 1 aliphatic heterocycles. The van der Waals surface area contributed by atoms with Crippen LogP contribution in [0.15, 0.2) is 35.3 Å². The minimum absolute atomic E-state index is 0.0888. The van der Waals surface area contributed by atoms with Crippen LogP contribution in [0.5, 0.6) is 0 Å². The van der Waals surface area contributed by atoms with E-state index in [1.54, 1.807) is 22.9 Å². The van der Waals surface area contributed by atoms with Crippen molar-refractivity contribution in [2.45, 2.75) is 31.7 Å². The van der Waals surface area contributed by atoms with Crippen LogP contribution < -0.4 is 5.56 Å². The predicted octanol–water partition coefficient (Wildman–Crippen LogP) is 2.56. The summed E-state index contributed by atoms with van der Waals surface area (Å²) in [6, 6.07) is 5.42. The summed E-state index contributed by atoms with van der Waals surface area (Å²) in [6.07, 6.45) is 9.99. The van der Waals surface area contributed by atoms with Gasteiger partial charge in [0.25, 0.3) is 5.56 Å². The van der Waals surface area contributed by atoms with Crippen LogP contribution in [0.25, 0.3) is 17.7 Å². The number of hydrogen-bond donors (Lipinski definition) is 1. The Hall–Kier alpha value is -3.02. The Morgan fingerprint density at radius 2 is 2.23 bits per heavy atom. The Bertz CT molecular complexity index is 1050. The van der Waals surface area contributed by atoms with Crippen LogP contribution in [0, 0.1) is 5.41 Å². The first-order valence-electron chi connectivity index (χ1n) is 8.80. The van der Waals surface area contributed by atoms with Gasteiger partial charge in [0.15, 0.2) is 0 Å². The van der Waals surface area contributed by atoms with E-state index >= 15 is 0 Å². The zero-order valence-electron chi connectivity index (χ0n) is 14.1. The molecule has 130 valence electrons. The van der Waals surface area contributed by atoms with Crippen LogP contribution in [-0.4, -0.2) is 25.6 Å². The van der Waals surface area contributed by atoms with Crippen molar-refractivity contribution in [2.75, 3.05) is 0 Å². The van der Waals surface area contributed by atoms with Gasteiger partial charge in [0.05, 0.1) is 17.4 Å². The maximum Gasteiger partial charge on any atom is 0.315 e. The number of carboxylic acids is 1. The normalized spacial score (nSPS) is 26.8. The molecular formula is C20H17N3O3. The standard InChI is InChI=1S/C20H17N3O3/c24-18-14-6-3-4-12(10-13-5-1-2-9-21-13)17(14)22-16-7-8-20(19(25)26)11-15(20)23(16)18/h1-2,5,7-10,15H,3-4,6,11H2,(H,25,26)/b12-10-. The van der Waals surface area contributed by atoms with Gasteiger partial charge < -0.3 is 5.11 Å². The highest BCUT2D eigenvalue weighted by atomic mass is 16.4. The van der Waals surface area contributed by atoms with Gasteiger partial charge in [-0.2, -0.15) is 0 Å². The second kappa shape index (κ2) is 5.24. The fourth-order valence-corrected chi connectivity index (χ4v) is 4.14. The molecule has 6 heteroatoms. The average molecular weight is 347 g/mol. The molecular weight excluding hydrogens is 330 g/mol. The molecule has 0 saturated heterocycles. The molecule has 6 nitrogen and oxygen atoms in total. The van der Waals surface area contributed by atoms with Gasteiger partial charge in [-0.3, -0.25) is 19.1 Å². The Labute approximate surface area is 149 Å². The lowest BCUT2D eigenvalue weighted by Crippen LogP contribution is -2.33. The number of aromatic nitrogens is 3. The summed E-state index contributed by atoms with van der Waals surface area (Å²) in [7, 11) is 0. The topological polar surface area (TPSA) is 85.1 Å². The number of hydrogen-bond acceptors (Lipinski definition) is 4. The van der Waals surface area contributed by atoms with E-state index in [-0.39, 0.29) is 11.6 Å². The summed E-state index contributed by atoms with van der Waals surface area (Å²) in [5.74, 6) is -0.313. The third-order valence-corrected chi connectivity index (χ3v) is 5.63. The van der Waals surface area contributed by atoms with E-state index in [1.165, 1.54) is 0 Å². The van der Waals surface area contributed by atoms with Crippen LogP contribution in [-0.2, 0) is 11.2 Å². The average Bonchev–Trinajstić information content (AvgIpc) is 3.40. The number of aliphatic carboxylic acids is 1. The molecule has 0 spiro atoms. The van der Waals surface area contributed by atoms with Crippen molar-refractivity contribution in [2.24, 2.45) is 5.41 Å². The smallest absolute Gasteiger partial charge is 0.315 e. The summed E-state index contributed by atoms with van der Waals surface area (Å²) in [5.41, 5.74) is 2.29. The van der Waals surface area contributed by atoms with Crippen molar-refractivity contribution in [1.29, 1.82) is 0 Å². The van der Waals surface area contributed by atoms with E-state index in [4.69, 9.17) is 4.98 Å². The first-order chi connectivity index (χ1) is 12.6. The Morgan fingerprint density at radius 1 is 1.35 bits per heavy atom. The molecule has 1 saturated carbocycles. The lowest BCUT2D eigenvalue weighted by atomic mass is 9.91. The van der Waals surface area contributed by atoms with Gasteiger partial charge >= 0.3 is 5.97 Å². The maximum atomic E-state index is 13.1. The van der Waals surface area contributed by atoms with Gasteiger partial charge in [0.2, 0.25) is 0 Å². The summed E-state index contributed by atoms with van der Waals surface area (Å²) >= 11 is 0. The number of carboxylic acid groups (broad SMARTS) is 1. The maximum absolute atomic E-state index is 13.1. The molecule has 5 rings (SSSR count). The lowest BCUT2D eigenvalue weighted by molar-refractivity contribution is -0.141. The Kier molecular flexibility index (Phi) is 3.07. The van der Waals surface area contributed by atoms with Crippen molar-refractivity contribution >= 4 is 23.7 Å². The molecule has 2 aromatic rings. The Balaban J connectivity index is 1.66. The molecule has 0 bridgehead atoms. The molecule has 0 aromatic carbocycles. The molecule has 2 atom stereocenters. The number of carbonyl (C=O) groups is 1.